The van der Waals surface area contributed by atoms with Gasteiger partial charge in [0.1, 0.15) is 0 Å². The van der Waals surface area contributed by atoms with Crippen LogP contribution in [0.15, 0.2) is 30.3 Å². The van der Waals surface area contributed by atoms with Crippen LogP contribution in [0.1, 0.15) is 25.3 Å². The number of aliphatic hydroxyl groups excluding tert-OH is 1. The fraction of sp³-hybridized carbons (Fsp3) is 0.588. The van der Waals surface area contributed by atoms with Crippen LogP contribution in [-0.4, -0.2) is 59.8 Å². The fourth-order valence-corrected chi connectivity index (χ4v) is 2.99. The first-order valence-electron chi connectivity index (χ1n) is 8.16. The van der Waals surface area contributed by atoms with Crippen molar-refractivity contribution in [2.24, 2.45) is 0 Å². The summed E-state index contributed by atoms with van der Waals surface area (Å²) in [6.45, 7) is 5.63. The maximum Gasteiger partial charge on any atom is 0.317 e. The number of benzene rings is 1. The number of nitrogens with zero attached hydrogens (tertiary/aromatic N) is 2. The van der Waals surface area contributed by atoms with Crippen LogP contribution >= 0.6 is 0 Å². The average Bonchev–Trinajstić information content (AvgIpc) is 2.98. The van der Waals surface area contributed by atoms with Crippen LogP contribution in [0.3, 0.4) is 0 Å². The van der Waals surface area contributed by atoms with Crippen molar-refractivity contribution in [1.82, 2.24) is 15.1 Å². The molecule has 122 valence electrons. The number of nitrogens with one attached hydrogen (secondary N) is 1. The van der Waals surface area contributed by atoms with Gasteiger partial charge in [-0.3, -0.25) is 4.90 Å². The van der Waals surface area contributed by atoms with Gasteiger partial charge >= 0.3 is 6.03 Å². The van der Waals surface area contributed by atoms with Crippen molar-refractivity contribution in [2.75, 3.05) is 32.8 Å². The van der Waals surface area contributed by atoms with Crippen LogP contribution in [0, 0.1) is 0 Å². The number of likely N-dealkylation sites (tertiary alicyclic amines) is 1. The number of urea groups is 1. The number of hydrogen-bond acceptors (Lipinski definition) is 3. The van der Waals surface area contributed by atoms with E-state index in [4.69, 9.17) is 5.11 Å². The van der Waals surface area contributed by atoms with Gasteiger partial charge in [0, 0.05) is 32.2 Å². The second-order valence-corrected chi connectivity index (χ2v) is 5.74. The third-order valence-electron chi connectivity index (χ3n) is 4.26. The number of amides is 2. The average molecular weight is 305 g/mol. The minimum Gasteiger partial charge on any atom is -0.395 e. The topological polar surface area (TPSA) is 55.8 Å². The van der Waals surface area contributed by atoms with Crippen molar-refractivity contribution in [1.29, 1.82) is 0 Å². The summed E-state index contributed by atoms with van der Waals surface area (Å²) < 4.78 is 0. The number of rotatable bonds is 7. The molecule has 22 heavy (non-hydrogen) atoms. The minimum absolute atomic E-state index is 0.00478. The molecule has 1 unspecified atom stereocenters. The Bertz CT molecular complexity index is 452. The maximum absolute atomic E-state index is 12.1. The smallest absolute Gasteiger partial charge is 0.317 e. The lowest BCUT2D eigenvalue weighted by molar-refractivity contribution is 0.174. The van der Waals surface area contributed by atoms with Crippen molar-refractivity contribution in [3.63, 3.8) is 0 Å². The van der Waals surface area contributed by atoms with Gasteiger partial charge in [0.2, 0.25) is 0 Å². The zero-order valence-electron chi connectivity index (χ0n) is 13.4. The van der Waals surface area contributed by atoms with Crippen LogP contribution < -0.4 is 5.32 Å². The molecule has 2 N–H and O–H groups in total. The van der Waals surface area contributed by atoms with E-state index in [0.29, 0.717) is 25.7 Å². The zero-order chi connectivity index (χ0) is 15.8. The van der Waals surface area contributed by atoms with E-state index in [0.717, 1.165) is 19.5 Å². The Labute approximate surface area is 132 Å². The third-order valence-corrected chi connectivity index (χ3v) is 4.26. The van der Waals surface area contributed by atoms with E-state index >= 15 is 0 Å². The molecular formula is C17H27N3O2. The molecule has 1 aromatic rings. The summed E-state index contributed by atoms with van der Waals surface area (Å²) in [6.07, 6.45) is 2.31. The molecule has 1 aromatic carbocycles. The Kier molecular flexibility index (Phi) is 6.68. The van der Waals surface area contributed by atoms with Gasteiger partial charge in [0.25, 0.3) is 0 Å². The molecule has 5 nitrogen and oxygen atoms in total. The highest BCUT2D eigenvalue weighted by Crippen LogP contribution is 2.19. The highest BCUT2D eigenvalue weighted by molar-refractivity contribution is 5.74. The first kappa shape index (κ1) is 16.8. The maximum atomic E-state index is 12.1. The predicted octanol–water partition coefficient (Wildman–Crippen LogP) is 1.67. The van der Waals surface area contributed by atoms with Crippen LogP contribution in [0.2, 0.25) is 0 Å². The van der Waals surface area contributed by atoms with Crippen LogP contribution in [0.5, 0.6) is 0 Å². The number of carbonyl (C=O) groups is 1. The molecule has 0 saturated carbocycles. The summed E-state index contributed by atoms with van der Waals surface area (Å²) in [7, 11) is 0. The Morgan fingerprint density at radius 2 is 2.18 bits per heavy atom. The largest absolute Gasteiger partial charge is 0.395 e. The van der Waals surface area contributed by atoms with Gasteiger partial charge < -0.3 is 15.3 Å². The number of aliphatic hydroxyl groups is 1. The first-order chi connectivity index (χ1) is 10.7. The van der Waals surface area contributed by atoms with E-state index < -0.39 is 0 Å². The van der Waals surface area contributed by atoms with Gasteiger partial charge in [0.15, 0.2) is 0 Å². The molecule has 0 spiro atoms. The second-order valence-electron chi connectivity index (χ2n) is 5.74. The summed E-state index contributed by atoms with van der Waals surface area (Å²) in [6, 6.07) is 10.8. The summed E-state index contributed by atoms with van der Waals surface area (Å²) in [5, 5.41) is 12.0. The second kappa shape index (κ2) is 8.76. The van der Waals surface area contributed by atoms with E-state index in [2.05, 4.69) is 34.5 Å². The molecule has 1 saturated heterocycles. The summed E-state index contributed by atoms with van der Waals surface area (Å²) in [4.78, 5) is 16.1. The molecule has 1 fully saturated rings. The summed E-state index contributed by atoms with van der Waals surface area (Å²) in [5.74, 6) is 0. The zero-order valence-corrected chi connectivity index (χ0v) is 13.4. The summed E-state index contributed by atoms with van der Waals surface area (Å²) in [5.41, 5.74) is 1.32. The van der Waals surface area contributed by atoms with Gasteiger partial charge in [-0.2, -0.15) is 0 Å². The number of likely N-dealkylation sites (N-methyl/N-ethyl adjacent to an activating group) is 1. The Morgan fingerprint density at radius 1 is 1.41 bits per heavy atom. The highest BCUT2D eigenvalue weighted by Gasteiger charge is 2.25. The Morgan fingerprint density at radius 3 is 2.86 bits per heavy atom. The monoisotopic (exact) mass is 305 g/mol. The van der Waals surface area contributed by atoms with E-state index in [1.165, 1.54) is 12.0 Å². The Balaban J connectivity index is 1.82. The molecule has 1 atom stereocenters. The van der Waals surface area contributed by atoms with E-state index in [1.54, 1.807) is 4.90 Å². The molecule has 1 heterocycles. The van der Waals surface area contributed by atoms with E-state index in [9.17, 15) is 4.79 Å². The third kappa shape index (κ3) is 4.71. The SMILES string of the molecule is CCN(CCO)C(=O)NCC1CCCN1Cc1ccccc1. The van der Waals surface area contributed by atoms with Gasteiger partial charge in [-0.1, -0.05) is 30.3 Å². The van der Waals surface area contributed by atoms with Crippen LogP contribution in [0.25, 0.3) is 0 Å². The molecule has 1 aliphatic rings. The molecule has 0 aliphatic carbocycles. The van der Waals surface area contributed by atoms with Gasteiger partial charge in [-0.15, -0.1) is 0 Å². The first-order valence-corrected chi connectivity index (χ1v) is 8.16. The number of carbonyl (C=O) groups excluding carboxylic acids is 1. The fourth-order valence-electron chi connectivity index (χ4n) is 2.99. The summed E-state index contributed by atoms with van der Waals surface area (Å²) >= 11 is 0. The normalized spacial score (nSPS) is 18.4. The minimum atomic E-state index is -0.0805. The predicted molar refractivity (Wildman–Crippen MR) is 87.6 cm³/mol. The lowest BCUT2D eigenvalue weighted by Gasteiger charge is -2.26. The molecule has 0 aromatic heterocycles. The molecule has 0 radical (unpaired) electrons. The molecule has 2 amide bonds. The van der Waals surface area contributed by atoms with E-state index in [1.807, 2.05) is 13.0 Å². The van der Waals surface area contributed by atoms with Gasteiger partial charge in [-0.25, -0.2) is 4.79 Å². The highest BCUT2D eigenvalue weighted by atomic mass is 16.3. The Hall–Kier alpha value is -1.59. The van der Waals surface area contributed by atoms with Crippen molar-refractivity contribution < 1.29 is 9.90 Å². The van der Waals surface area contributed by atoms with Crippen molar-refractivity contribution >= 4 is 6.03 Å². The molecule has 0 bridgehead atoms. The van der Waals surface area contributed by atoms with E-state index in [-0.39, 0.29) is 12.6 Å². The van der Waals surface area contributed by atoms with Crippen molar-refractivity contribution in [3.8, 4) is 0 Å². The number of hydrogen-bond donors (Lipinski definition) is 2. The standard InChI is InChI=1S/C17H27N3O2/c1-2-19(11-12-21)17(22)18-13-16-9-6-10-20(16)14-15-7-4-3-5-8-15/h3-5,7-8,16,21H,2,6,9-14H2,1H3,(H,18,22). The molecule has 1 aliphatic heterocycles. The lowest BCUT2D eigenvalue weighted by atomic mass is 10.2. The van der Waals surface area contributed by atoms with Crippen LogP contribution in [-0.2, 0) is 6.54 Å². The molecule has 5 heteroatoms. The van der Waals surface area contributed by atoms with Crippen molar-refractivity contribution in [3.05, 3.63) is 35.9 Å². The molecular weight excluding hydrogens is 278 g/mol. The van der Waals surface area contributed by atoms with Crippen molar-refractivity contribution in [2.45, 2.75) is 32.4 Å². The van der Waals surface area contributed by atoms with Crippen LogP contribution in [0.4, 0.5) is 4.79 Å². The quantitative estimate of drug-likeness (QED) is 0.806. The van der Waals surface area contributed by atoms with Gasteiger partial charge in [0.05, 0.1) is 6.61 Å². The van der Waals surface area contributed by atoms with Gasteiger partial charge in [-0.05, 0) is 31.9 Å². The molecule has 2 rings (SSSR count). The lowest BCUT2D eigenvalue weighted by Crippen LogP contribution is -2.46.